The minimum absolute atomic E-state index is 0.0503. The molecule has 0 unspecified atom stereocenters. The molecule has 0 aliphatic rings. The van der Waals surface area contributed by atoms with Gasteiger partial charge >= 0.3 is 0 Å². The lowest BCUT2D eigenvalue weighted by molar-refractivity contribution is 0.386. The van der Waals surface area contributed by atoms with Gasteiger partial charge in [-0.25, -0.2) is 13.1 Å². The van der Waals surface area contributed by atoms with Crippen molar-refractivity contribution in [3.8, 4) is 11.5 Å². The van der Waals surface area contributed by atoms with E-state index in [0.29, 0.717) is 17.3 Å². The molecular weight excluding hydrogens is 330 g/mol. The maximum absolute atomic E-state index is 12.3. The van der Waals surface area contributed by atoms with E-state index in [-0.39, 0.29) is 17.2 Å². The Balaban J connectivity index is 2.09. The van der Waals surface area contributed by atoms with Crippen LogP contribution in [-0.2, 0) is 16.6 Å². The fourth-order valence-electron chi connectivity index (χ4n) is 1.83. The maximum atomic E-state index is 12.3. The second-order valence-electron chi connectivity index (χ2n) is 4.34. The highest BCUT2D eigenvalue weighted by atomic mass is 35.5. The molecule has 1 aromatic carbocycles. The number of hydrogen-bond acceptors (Lipinski definition) is 5. The number of benzene rings is 1. The highest BCUT2D eigenvalue weighted by molar-refractivity contribution is 7.89. The monoisotopic (exact) mass is 345 g/mol. The number of hydrogen-bond donors (Lipinski definition) is 1. The smallest absolute Gasteiger partial charge is 0.244 e. The topological polar surface area (TPSA) is 82.5 Å². The number of methoxy groups -OCH3 is 2. The highest BCUT2D eigenvalue weighted by Crippen LogP contribution is 2.28. The van der Waals surface area contributed by atoms with E-state index in [2.05, 4.69) is 9.82 Å². The van der Waals surface area contributed by atoms with Crippen molar-refractivity contribution in [3.05, 3.63) is 35.6 Å². The summed E-state index contributed by atoms with van der Waals surface area (Å²) in [5.41, 5.74) is 0. The summed E-state index contributed by atoms with van der Waals surface area (Å²) in [6, 6.07) is 4.51. The first-order valence-corrected chi connectivity index (χ1v) is 8.22. The van der Waals surface area contributed by atoms with Crippen LogP contribution in [0.25, 0.3) is 0 Å². The van der Waals surface area contributed by atoms with Crippen molar-refractivity contribution < 1.29 is 17.9 Å². The van der Waals surface area contributed by atoms with Crippen LogP contribution in [0.2, 0.25) is 5.02 Å². The minimum Gasteiger partial charge on any atom is -0.497 e. The largest absolute Gasteiger partial charge is 0.497 e. The molecule has 0 spiro atoms. The fourth-order valence-corrected chi connectivity index (χ4v) is 3.16. The van der Waals surface area contributed by atoms with Crippen molar-refractivity contribution >= 4 is 21.6 Å². The summed E-state index contributed by atoms with van der Waals surface area (Å²) in [6.07, 6.45) is 3.10. The zero-order valence-corrected chi connectivity index (χ0v) is 13.7. The van der Waals surface area contributed by atoms with Crippen LogP contribution in [-0.4, -0.2) is 39.0 Å². The minimum atomic E-state index is -3.70. The Hall–Kier alpha value is -1.77. The molecule has 0 amide bonds. The maximum Gasteiger partial charge on any atom is 0.244 e. The molecule has 2 aromatic rings. The van der Waals surface area contributed by atoms with Crippen LogP contribution in [0.5, 0.6) is 11.5 Å². The molecule has 120 valence electrons. The van der Waals surface area contributed by atoms with E-state index in [4.69, 9.17) is 21.1 Å². The molecule has 0 saturated carbocycles. The van der Waals surface area contributed by atoms with Gasteiger partial charge in [-0.1, -0.05) is 11.6 Å². The van der Waals surface area contributed by atoms with Crippen LogP contribution >= 0.6 is 11.6 Å². The zero-order chi connectivity index (χ0) is 16.2. The van der Waals surface area contributed by atoms with Gasteiger partial charge in [-0.2, -0.15) is 5.10 Å². The first-order chi connectivity index (χ1) is 10.5. The van der Waals surface area contributed by atoms with Gasteiger partial charge in [-0.3, -0.25) is 4.68 Å². The molecule has 2 rings (SSSR count). The Morgan fingerprint density at radius 2 is 2.09 bits per heavy atom. The van der Waals surface area contributed by atoms with Gasteiger partial charge in [0, 0.05) is 18.8 Å². The molecule has 0 radical (unpaired) electrons. The molecule has 22 heavy (non-hydrogen) atoms. The van der Waals surface area contributed by atoms with Crippen molar-refractivity contribution in [1.29, 1.82) is 0 Å². The lowest BCUT2D eigenvalue weighted by Gasteiger charge is -2.12. The zero-order valence-electron chi connectivity index (χ0n) is 12.1. The Kier molecular flexibility index (Phi) is 5.28. The van der Waals surface area contributed by atoms with Gasteiger partial charge < -0.3 is 9.47 Å². The average molecular weight is 346 g/mol. The third kappa shape index (κ3) is 3.90. The van der Waals surface area contributed by atoms with E-state index in [0.717, 1.165) is 0 Å². The van der Waals surface area contributed by atoms with Crippen molar-refractivity contribution in [2.24, 2.45) is 0 Å². The lowest BCUT2D eigenvalue weighted by Crippen LogP contribution is -2.28. The Morgan fingerprint density at radius 3 is 2.68 bits per heavy atom. The second-order valence-corrected chi connectivity index (χ2v) is 6.51. The van der Waals surface area contributed by atoms with Crippen LogP contribution < -0.4 is 14.2 Å². The summed E-state index contributed by atoms with van der Waals surface area (Å²) in [4.78, 5) is 0.0503. The Morgan fingerprint density at radius 1 is 1.32 bits per heavy atom. The van der Waals surface area contributed by atoms with Crippen LogP contribution in [0.15, 0.2) is 35.5 Å². The Bertz CT molecular complexity index is 745. The van der Waals surface area contributed by atoms with Crippen molar-refractivity contribution in [3.63, 3.8) is 0 Å². The molecule has 1 aromatic heterocycles. The van der Waals surface area contributed by atoms with Gasteiger partial charge in [0.2, 0.25) is 10.0 Å². The van der Waals surface area contributed by atoms with Gasteiger partial charge in [-0.15, -0.1) is 0 Å². The summed E-state index contributed by atoms with van der Waals surface area (Å²) in [6.45, 7) is 0.542. The molecule has 9 heteroatoms. The number of aromatic nitrogens is 2. The standard InChI is InChI=1S/C13H16ClN3O4S/c1-20-11-3-4-13(12(7-11)21-2)22(18,19)16-5-6-17-9-10(14)8-15-17/h3-4,7-9,16H,5-6H2,1-2H3. The molecule has 0 bridgehead atoms. The van der Waals surface area contributed by atoms with E-state index in [1.807, 2.05) is 0 Å². The number of rotatable bonds is 7. The lowest BCUT2D eigenvalue weighted by atomic mass is 10.3. The number of nitrogens with zero attached hydrogens (tertiary/aromatic N) is 2. The van der Waals surface area contributed by atoms with Gasteiger partial charge in [0.25, 0.3) is 0 Å². The van der Waals surface area contributed by atoms with Crippen LogP contribution in [0, 0.1) is 0 Å². The first kappa shape index (κ1) is 16.6. The van der Waals surface area contributed by atoms with E-state index in [1.165, 1.54) is 32.5 Å². The highest BCUT2D eigenvalue weighted by Gasteiger charge is 2.19. The van der Waals surface area contributed by atoms with Crippen molar-refractivity contribution in [2.75, 3.05) is 20.8 Å². The molecule has 1 N–H and O–H groups in total. The molecule has 0 fully saturated rings. The summed E-state index contributed by atoms with van der Waals surface area (Å²) in [5.74, 6) is 0.732. The molecule has 0 aliphatic carbocycles. The van der Waals surface area contributed by atoms with Gasteiger partial charge in [0.05, 0.1) is 32.0 Å². The molecule has 0 aliphatic heterocycles. The summed E-state index contributed by atoms with van der Waals surface area (Å²) >= 11 is 5.74. The van der Waals surface area contributed by atoms with E-state index >= 15 is 0 Å². The summed E-state index contributed by atoms with van der Waals surface area (Å²) < 4.78 is 38.8. The molecule has 1 heterocycles. The van der Waals surface area contributed by atoms with E-state index in [9.17, 15) is 8.42 Å². The molecular formula is C13H16ClN3O4S. The normalized spacial score (nSPS) is 11.4. The second kappa shape index (κ2) is 6.99. The van der Waals surface area contributed by atoms with Gasteiger partial charge in [0.1, 0.15) is 16.4 Å². The van der Waals surface area contributed by atoms with Crippen LogP contribution in [0.3, 0.4) is 0 Å². The quantitative estimate of drug-likeness (QED) is 0.823. The number of halogens is 1. The predicted octanol–water partition coefficient (Wildman–Crippen LogP) is 1.53. The fraction of sp³-hybridized carbons (Fsp3) is 0.308. The van der Waals surface area contributed by atoms with E-state index in [1.54, 1.807) is 16.9 Å². The predicted molar refractivity (Wildman–Crippen MR) is 82.0 cm³/mol. The van der Waals surface area contributed by atoms with Crippen molar-refractivity contribution in [2.45, 2.75) is 11.4 Å². The third-order valence-corrected chi connectivity index (χ3v) is 4.59. The number of sulfonamides is 1. The Labute approximate surface area is 133 Å². The SMILES string of the molecule is COc1ccc(S(=O)(=O)NCCn2cc(Cl)cn2)c(OC)c1. The van der Waals surface area contributed by atoms with Crippen LogP contribution in [0.4, 0.5) is 0 Å². The third-order valence-electron chi connectivity index (χ3n) is 2.90. The van der Waals surface area contributed by atoms with Crippen molar-refractivity contribution in [1.82, 2.24) is 14.5 Å². The number of ether oxygens (including phenoxy) is 2. The van der Waals surface area contributed by atoms with Gasteiger partial charge in [0.15, 0.2) is 0 Å². The molecule has 0 saturated heterocycles. The van der Waals surface area contributed by atoms with E-state index < -0.39 is 10.0 Å². The number of nitrogens with one attached hydrogen (secondary N) is 1. The summed E-state index contributed by atoms with van der Waals surface area (Å²) in [5, 5.41) is 4.47. The molecule has 7 nitrogen and oxygen atoms in total. The summed E-state index contributed by atoms with van der Waals surface area (Å²) in [7, 11) is -0.797. The van der Waals surface area contributed by atoms with Gasteiger partial charge in [-0.05, 0) is 12.1 Å². The van der Waals surface area contributed by atoms with Crippen LogP contribution in [0.1, 0.15) is 0 Å². The molecule has 0 atom stereocenters. The average Bonchev–Trinajstić information content (AvgIpc) is 2.91. The first-order valence-electron chi connectivity index (χ1n) is 6.36.